The van der Waals surface area contributed by atoms with Crippen LogP contribution in [0.2, 0.25) is 0 Å². The molecule has 4 bridgehead atoms. The summed E-state index contributed by atoms with van der Waals surface area (Å²) in [7, 11) is 0. The molecule has 0 aromatic heterocycles. The number of carbonyl (C=O) groups is 2. The molecule has 29 heavy (non-hydrogen) atoms. The average Bonchev–Trinajstić information content (AvgIpc) is 2.69. The van der Waals surface area contributed by atoms with Crippen molar-refractivity contribution in [2.24, 2.45) is 23.2 Å². The minimum Gasteiger partial charge on any atom is -0.490 e. The Morgan fingerprint density at radius 3 is 2.14 bits per heavy atom. The molecule has 4 aliphatic rings. The van der Waals surface area contributed by atoms with Gasteiger partial charge in [0.25, 0.3) is 5.91 Å². The SMILES string of the molecule is CCOc1ccccc1OCC(=O)OCC(=O)NCC12CC3CC(CC(C3)C1)C2. The molecule has 4 fully saturated rings. The fraction of sp³-hybridized carbons (Fsp3) is 0.652. The van der Waals surface area contributed by atoms with Crippen LogP contribution in [-0.2, 0) is 14.3 Å². The lowest BCUT2D eigenvalue weighted by Gasteiger charge is -2.56. The van der Waals surface area contributed by atoms with E-state index in [1.807, 2.05) is 13.0 Å². The Morgan fingerprint density at radius 2 is 1.55 bits per heavy atom. The van der Waals surface area contributed by atoms with Crippen molar-refractivity contribution in [3.05, 3.63) is 24.3 Å². The third-order valence-electron chi connectivity index (χ3n) is 6.68. The molecule has 0 saturated heterocycles. The molecule has 0 aliphatic heterocycles. The lowest BCUT2D eigenvalue weighted by molar-refractivity contribution is -0.150. The van der Waals surface area contributed by atoms with Crippen LogP contribution in [0.5, 0.6) is 11.5 Å². The molecule has 4 aliphatic carbocycles. The smallest absolute Gasteiger partial charge is 0.344 e. The van der Waals surface area contributed by atoms with Crippen molar-refractivity contribution in [3.8, 4) is 11.5 Å². The van der Waals surface area contributed by atoms with Gasteiger partial charge in [-0.1, -0.05) is 12.1 Å². The lowest BCUT2D eigenvalue weighted by Crippen LogP contribution is -2.51. The first-order chi connectivity index (χ1) is 14.0. The fourth-order valence-corrected chi connectivity index (χ4v) is 6.01. The largest absolute Gasteiger partial charge is 0.490 e. The Labute approximate surface area is 172 Å². The van der Waals surface area contributed by atoms with Crippen LogP contribution in [0.25, 0.3) is 0 Å². The molecule has 158 valence electrons. The van der Waals surface area contributed by atoms with E-state index in [0.717, 1.165) is 17.8 Å². The monoisotopic (exact) mass is 401 g/mol. The molecule has 4 saturated carbocycles. The van der Waals surface area contributed by atoms with Crippen molar-refractivity contribution >= 4 is 11.9 Å². The quantitative estimate of drug-likeness (QED) is 0.643. The van der Waals surface area contributed by atoms with E-state index in [1.54, 1.807) is 18.2 Å². The van der Waals surface area contributed by atoms with Gasteiger partial charge in [0.15, 0.2) is 24.7 Å². The standard InChI is InChI=1S/C23H31NO5/c1-2-27-19-5-3-4-6-20(19)28-14-22(26)29-13-21(25)24-15-23-10-16-7-17(11-23)9-18(8-16)12-23/h3-6,16-18H,2,7-15H2,1H3,(H,24,25). The van der Waals surface area contributed by atoms with Crippen molar-refractivity contribution in [2.75, 3.05) is 26.4 Å². The molecule has 1 aromatic rings. The first kappa shape index (κ1) is 20.0. The van der Waals surface area contributed by atoms with Gasteiger partial charge in [-0.2, -0.15) is 0 Å². The molecule has 0 spiro atoms. The predicted octanol–water partition coefficient (Wildman–Crippen LogP) is 3.34. The fourth-order valence-electron chi connectivity index (χ4n) is 6.01. The van der Waals surface area contributed by atoms with E-state index in [4.69, 9.17) is 14.2 Å². The second kappa shape index (κ2) is 8.64. The van der Waals surface area contributed by atoms with Gasteiger partial charge < -0.3 is 19.5 Å². The molecule has 1 aromatic carbocycles. The summed E-state index contributed by atoms with van der Waals surface area (Å²) >= 11 is 0. The van der Waals surface area contributed by atoms with Crippen molar-refractivity contribution in [3.63, 3.8) is 0 Å². The van der Waals surface area contributed by atoms with E-state index in [1.165, 1.54) is 38.5 Å². The topological polar surface area (TPSA) is 73.9 Å². The van der Waals surface area contributed by atoms with Crippen molar-refractivity contribution in [1.29, 1.82) is 0 Å². The van der Waals surface area contributed by atoms with E-state index in [9.17, 15) is 9.59 Å². The Bertz CT molecular complexity index is 711. The van der Waals surface area contributed by atoms with E-state index in [2.05, 4.69) is 5.32 Å². The molecule has 0 heterocycles. The summed E-state index contributed by atoms with van der Waals surface area (Å²) in [6.07, 6.45) is 7.89. The minimum atomic E-state index is -0.568. The Kier molecular flexibility index (Phi) is 5.97. The average molecular weight is 402 g/mol. The first-order valence-corrected chi connectivity index (χ1v) is 10.8. The third-order valence-corrected chi connectivity index (χ3v) is 6.68. The molecule has 5 rings (SSSR count). The third kappa shape index (κ3) is 4.85. The van der Waals surface area contributed by atoms with E-state index in [0.29, 0.717) is 24.7 Å². The second-order valence-corrected chi connectivity index (χ2v) is 9.02. The molecular weight excluding hydrogens is 370 g/mol. The van der Waals surface area contributed by atoms with Gasteiger partial charge in [0.05, 0.1) is 6.61 Å². The van der Waals surface area contributed by atoms with Crippen LogP contribution in [0.15, 0.2) is 24.3 Å². The summed E-state index contributed by atoms with van der Waals surface area (Å²) < 4.78 is 16.0. The van der Waals surface area contributed by atoms with E-state index < -0.39 is 5.97 Å². The molecule has 1 N–H and O–H groups in total. The normalized spacial score (nSPS) is 29.3. The van der Waals surface area contributed by atoms with Crippen molar-refractivity contribution < 1.29 is 23.8 Å². The summed E-state index contributed by atoms with van der Waals surface area (Å²) in [6, 6.07) is 7.16. The molecule has 6 heteroatoms. The highest BCUT2D eigenvalue weighted by Gasteiger charge is 2.50. The first-order valence-electron chi connectivity index (χ1n) is 10.8. The van der Waals surface area contributed by atoms with Crippen molar-refractivity contribution in [2.45, 2.75) is 45.4 Å². The van der Waals surface area contributed by atoms with Gasteiger partial charge in [-0.25, -0.2) is 4.79 Å². The molecule has 1 amide bonds. The second-order valence-electron chi connectivity index (χ2n) is 9.02. The minimum absolute atomic E-state index is 0.233. The lowest BCUT2D eigenvalue weighted by atomic mass is 9.49. The highest BCUT2D eigenvalue weighted by atomic mass is 16.6. The van der Waals surface area contributed by atoms with Gasteiger partial charge >= 0.3 is 5.97 Å². The highest BCUT2D eigenvalue weighted by Crippen LogP contribution is 2.59. The number of hydrogen-bond donors (Lipinski definition) is 1. The zero-order chi connectivity index (χ0) is 20.3. The zero-order valence-electron chi connectivity index (χ0n) is 17.2. The number of nitrogens with one attached hydrogen (secondary N) is 1. The summed E-state index contributed by atoms with van der Waals surface area (Å²) in [6.45, 7) is 2.58. The summed E-state index contributed by atoms with van der Waals surface area (Å²) in [5, 5.41) is 3.02. The van der Waals surface area contributed by atoms with Crippen LogP contribution in [0.1, 0.15) is 45.4 Å². The summed E-state index contributed by atoms with van der Waals surface area (Å²) in [5.74, 6) is 2.83. The number of ether oxygens (including phenoxy) is 3. The number of hydrogen-bond acceptors (Lipinski definition) is 5. The van der Waals surface area contributed by atoms with Crippen LogP contribution in [-0.4, -0.2) is 38.2 Å². The number of rotatable bonds is 9. The number of para-hydroxylation sites is 2. The van der Waals surface area contributed by atoms with Gasteiger partial charge in [0.1, 0.15) is 0 Å². The van der Waals surface area contributed by atoms with Gasteiger partial charge in [0, 0.05) is 6.54 Å². The summed E-state index contributed by atoms with van der Waals surface area (Å²) in [4.78, 5) is 24.2. The number of esters is 1. The Hall–Kier alpha value is -2.24. The highest BCUT2D eigenvalue weighted by molar-refractivity contribution is 5.81. The van der Waals surface area contributed by atoms with E-state index >= 15 is 0 Å². The van der Waals surface area contributed by atoms with E-state index in [-0.39, 0.29) is 24.5 Å². The van der Waals surface area contributed by atoms with Crippen LogP contribution in [0, 0.1) is 23.2 Å². The number of benzene rings is 1. The Morgan fingerprint density at radius 1 is 0.966 bits per heavy atom. The molecule has 6 nitrogen and oxygen atoms in total. The molecule has 0 atom stereocenters. The molecule has 0 radical (unpaired) electrons. The number of amides is 1. The summed E-state index contributed by atoms with van der Waals surface area (Å²) in [5.41, 5.74) is 0.278. The molecular formula is C23H31NO5. The van der Waals surface area contributed by atoms with Gasteiger partial charge in [-0.05, 0) is 80.8 Å². The van der Waals surface area contributed by atoms with Gasteiger partial charge in [0.2, 0.25) is 0 Å². The van der Waals surface area contributed by atoms with Crippen LogP contribution < -0.4 is 14.8 Å². The maximum absolute atomic E-state index is 12.2. The van der Waals surface area contributed by atoms with Gasteiger partial charge in [-0.3, -0.25) is 4.79 Å². The molecule has 0 unspecified atom stereocenters. The zero-order valence-corrected chi connectivity index (χ0v) is 17.2. The van der Waals surface area contributed by atoms with Crippen LogP contribution in [0.3, 0.4) is 0 Å². The Balaban J connectivity index is 1.18. The maximum atomic E-state index is 12.2. The maximum Gasteiger partial charge on any atom is 0.344 e. The van der Waals surface area contributed by atoms with Crippen LogP contribution in [0.4, 0.5) is 0 Å². The van der Waals surface area contributed by atoms with Gasteiger partial charge in [-0.15, -0.1) is 0 Å². The van der Waals surface area contributed by atoms with Crippen molar-refractivity contribution in [1.82, 2.24) is 5.32 Å². The number of carbonyl (C=O) groups excluding carboxylic acids is 2. The predicted molar refractivity (Wildman–Crippen MR) is 108 cm³/mol. The van der Waals surface area contributed by atoms with Crippen LogP contribution >= 0.6 is 0 Å².